The Kier molecular flexibility index (Phi) is 3.59. The second-order valence-electron chi connectivity index (χ2n) is 3.03. The quantitative estimate of drug-likeness (QED) is 0.568. The molecule has 76 valence electrons. The van der Waals surface area contributed by atoms with E-state index >= 15 is 0 Å². The number of aromatic nitrogens is 1. The van der Waals surface area contributed by atoms with Crippen molar-refractivity contribution in [1.29, 1.82) is 5.26 Å². The first-order valence-electron chi connectivity index (χ1n) is 4.30. The van der Waals surface area contributed by atoms with Crippen LogP contribution in [0.2, 0.25) is 0 Å². The molecule has 1 aromatic heterocycles. The number of allylic oxidation sites excluding steroid dienone is 1. The van der Waals surface area contributed by atoms with Crippen molar-refractivity contribution < 1.29 is 4.79 Å². The van der Waals surface area contributed by atoms with E-state index in [0.717, 1.165) is 5.56 Å². The zero-order valence-electron chi connectivity index (χ0n) is 8.41. The molecule has 0 spiro atoms. The lowest BCUT2D eigenvalue weighted by Gasteiger charge is -2.03. The highest BCUT2D eigenvalue weighted by Gasteiger charge is 2.13. The molecule has 0 saturated heterocycles. The number of nitriles is 1. The Balaban J connectivity index is 3.37. The van der Waals surface area contributed by atoms with Crippen molar-refractivity contribution in [2.75, 3.05) is 0 Å². The minimum Gasteiger partial charge on any atom is -0.294 e. The Morgan fingerprint density at radius 1 is 1.60 bits per heavy atom. The van der Waals surface area contributed by atoms with Crippen LogP contribution in [0.5, 0.6) is 0 Å². The fraction of sp³-hybridized carbons (Fsp3) is 0.182. The predicted molar refractivity (Wildman–Crippen MR) is 58.0 cm³/mol. The van der Waals surface area contributed by atoms with Gasteiger partial charge in [-0.3, -0.25) is 9.78 Å². The molecular formula is C11H9ClN2O. The fourth-order valence-corrected chi connectivity index (χ4v) is 1.49. The third-order valence-corrected chi connectivity index (χ3v) is 2.27. The number of hydrogen-bond acceptors (Lipinski definition) is 3. The van der Waals surface area contributed by atoms with Crippen molar-refractivity contribution in [2.45, 2.75) is 13.8 Å². The van der Waals surface area contributed by atoms with E-state index in [0.29, 0.717) is 5.69 Å². The van der Waals surface area contributed by atoms with Crippen LogP contribution >= 0.6 is 11.6 Å². The van der Waals surface area contributed by atoms with Crippen LogP contribution in [-0.4, -0.2) is 10.8 Å². The Labute approximate surface area is 93.0 Å². The summed E-state index contributed by atoms with van der Waals surface area (Å²) >= 11 is 5.95. The molecular weight excluding hydrogens is 212 g/mol. The second kappa shape index (κ2) is 4.72. The highest BCUT2D eigenvalue weighted by Crippen LogP contribution is 2.23. The van der Waals surface area contributed by atoms with E-state index in [1.54, 1.807) is 18.3 Å². The Morgan fingerprint density at radius 2 is 2.27 bits per heavy atom. The molecule has 0 aromatic carbocycles. The summed E-state index contributed by atoms with van der Waals surface area (Å²) in [5.41, 5.74) is 1.25. The van der Waals surface area contributed by atoms with E-state index in [1.807, 2.05) is 13.0 Å². The first kappa shape index (κ1) is 11.4. The molecule has 1 rings (SSSR count). The van der Waals surface area contributed by atoms with Gasteiger partial charge in [-0.15, -0.1) is 0 Å². The van der Waals surface area contributed by atoms with Gasteiger partial charge in [0.05, 0.1) is 10.7 Å². The molecule has 3 nitrogen and oxygen atoms in total. The molecule has 0 N–H and O–H groups in total. The van der Waals surface area contributed by atoms with E-state index in [2.05, 4.69) is 4.98 Å². The topological polar surface area (TPSA) is 53.8 Å². The van der Waals surface area contributed by atoms with E-state index in [1.165, 1.54) is 6.92 Å². The average Bonchev–Trinajstić information content (AvgIpc) is 2.18. The molecule has 0 aliphatic heterocycles. The van der Waals surface area contributed by atoms with Crippen molar-refractivity contribution in [3.63, 3.8) is 0 Å². The summed E-state index contributed by atoms with van der Waals surface area (Å²) in [7, 11) is 0. The van der Waals surface area contributed by atoms with Gasteiger partial charge < -0.3 is 0 Å². The number of pyridine rings is 1. The lowest BCUT2D eigenvalue weighted by atomic mass is 10.1. The van der Waals surface area contributed by atoms with Gasteiger partial charge in [0.25, 0.3) is 0 Å². The van der Waals surface area contributed by atoms with Crippen LogP contribution in [0.3, 0.4) is 0 Å². The summed E-state index contributed by atoms with van der Waals surface area (Å²) in [4.78, 5) is 15.1. The van der Waals surface area contributed by atoms with Crippen molar-refractivity contribution >= 4 is 22.4 Å². The molecule has 1 heterocycles. The Bertz CT molecular complexity index is 472. The van der Waals surface area contributed by atoms with E-state index < -0.39 is 0 Å². The molecule has 15 heavy (non-hydrogen) atoms. The first-order valence-corrected chi connectivity index (χ1v) is 4.68. The molecule has 1 aromatic rings. The van der Waals surface area contributed by atoms with E-state index in [9.17, 15) is 4.79 Å². The molecule has 4 heteroatoms. The van der Waals surface area contributed by atoms with Crippen molar-refractivity contribution in [3.05, 3.63) is 35.2 Å². The summed E-state index contributed by atoms with van der Waals surface area (Å²) in [6.07, 6.45) is 1.57. The molecule has 0 aliphatic carbocycles. The van der Waals surface area contributed by atoms with Gasteiger partial charge in [-0.05, 0) is 25.5 Å². The molecule has 0 unspecified atom stereocenters. The highest BCUT2D eigenvalue weighted by molar-refractivity contribution is 6.51. The summed E-state index contributed by atoms with van der Waals surface area (Å²) in [6.45, 7) is 3.12. The van der Waals surface area contributed by atoms with Crippen LogP contribution in [0.4, 0.5) is 0 Å². The average molecular weight is 221 g/mol. The number of ketones is 1. The summed E-state index contributed by atoms with van der Waals surface area (Å²) in [5.74, 6) is -0.354. The minimum atomic E-state index is -0.354. The van der Waals surface area contributed by atoms with E-state index in [-0.39, 0.29) is 16.4 Å². The van der Waals surface area contributed by atoms with Crippen molar-refractivity contribution in [2.24, 2.45) is 0 Å². The highest BCUT2D eigenvalue weighted by atomic mass is 35.5. The van der Waals surface area contributed by atoms with Gasteiger partial charge >= 0.3 is 0 Å². The van der Waals surface area contributed by atoms with Gasteiger partial charge in [0, 0.05) is 6.20 Å². The zero-order valence-corrected chi connectivity index (χ0v) is 9.17. The van der Waals surface area contributed by atoms with Crippen molar-refractivity contribution in [1.82, 2.24) is 4.98 Å². The summed E-state index contributed by atoms with van der Waals surface area (Å²) in [5, 5.41) is 8.89. The molecule has 0 atom stereocenters. The van der Waals surface area contributed by atoms with Gasteiger partial charge in [0.1, 0.15) is 11.6 Å². The lowest BCUT2D eigenvalue weighted by Crippen LogP contribution is -1.98. The fourth-order valence-electron chi connectivity index (χ4n) is 1.12. The zero-order chi connectivity index (χ0) is 11.4. The number of hydrogen-bond donors (Lipinski definition) is 0. The smallest absolute Gasteiger partial charge is 0.171 e. The van der Waals surface area contributed by atoms with Gasteiger partial charge in [-0.25, -0.2) is 0 Å². The molecule has 0 fully saturated rings. The predicted octanol–water partition coefficient (Wildman–Crippen LogP) is 2.45. The van der Waals surface area contributed by atoms with Gasteiger partial charge in [0.2, 0.25) is 0 Å². The molecule has 0 amide bonds. The number of rotatable bonds is 2. The maximum absolute atomic E-state index is 11.1. The number of carbonyl (C=O) groups excluding carboxylic acids is 1. The third-order valence-electron chi connectivity index (χ3n) is 1.90. The molecule has 0 bridgehead atoms. The maximum atomic E-state index is 11.1. The number of aryl methyl sites for hydroxylation is 1. The van der Waals surface area contributed by atoms with Crippen LogP contribution in [0.1, 0.15) is 18.2 Å². The summed E-state index contributed by atoms with van der Waals surface area (Å²) < 4.78 is 0. The molecule has 0 saturated carbocycles. The monoisotopic (exact) mass is 220 g/mol. The molecule has 0 aliphatic rings. The van der Waals surface area contributed by atoms with E-state index in [4.69, 9.17) is 16.9 Å². The van der Waals surface area contributed by atoms with Crippen LogP contribution < -0.4 is 0 Å². The van der Waals surface area contributed by atoms with Crippen LogP contribution in [0.15, 0.2) is 23.9 Å². The number of nitrogens with zero attached hydrogens (tertiary/aromatic N) is 2. The number of Topliss-reactive ketones (excluding diaryl/α,β-unsaturated/α-hetero) is 1. The standard InChI is InChI=1S/C11H9ClN2O/c1-7-4-3-5-14-11(7)10(12)9(6-13)8(2)15/h3-5H,1-2H3/b10-9+. The SMILES string of the molecule is CC(=O)/C(C#N)=C(/Cl)c1ncccc1C. The van der Waals surface area contributed by atoms with Gasteiger partial charge in [0.15, 0.2) is 5.78 Å². The normalized spacial score (nSPS) is 11.6. The number of carbonyl (C=O) groups is 1. The molecule has 0 radical (unpaired) electrons. The van der Waals surface area contributed by atoms with Gasteiger partial charge in [-0.1, -0.05) is 17.7 Å². The van der Waals surface area contributed by atoms with Crippen LogP contribution in [-0.2, 0) is 4.79 Å². The maximum Gasteiger partial charge on any atom is 0.171 e. The largest absolute Gasteiger partial charge is 0.294 e. The summed E-state index contributed by atoms with van der Waals surface area (Å²) in [6, 6.07) is 5.37. The van der Waals surface area contributed by atoms with Crippen LogP contribution in [0.25, 0.3) is 5.03 Å². The van der Waals surface area contributed by atoms with Gasteiger partial charge in [-0.2, -0.15) is 5.26 Å². The third kappa shape index (κ3) is 2.42. The minimum absolute atomic E-state index is 0.0570. The first-order chi connectivity index (χ1) is 7.07. The Morgan fingerprint density at radius 3 is 2.73 bits per heavy atom. The Hall–Kier alpha value is -1.66. The van der Waals surface area contributed by atoms with Crippen LogP contribution in [0, 0.1) is 18.3 Å². The van der Waals surface area contributed by atoms with Crippen molar-refractivity contribution in [3.8, 4) is 6.07 Å². The second-order valence-corrected chi connectivity index (χ2v) is 3.40. The number of halogens is 1. The lowest BCUT2D eigenvalue weighted by molar-refractivity contribution is -0.113.